The van der Waals surface area contributed by atoms with Gasteiger partial charge in [0.1, 0.15) is 6.54 Å². The summed E-state index contributed by atoms with van der Waals surface area (Å²) in [4.78, 5) is 15.8. The van der Waals surface area contributed by atoms with Crippen molar-refractivity contribution in [2.24, 2.45) is 0 Å². The van der Waals surface area contributed by atoms with Crippen molar-refractivity contribution >= 4 is 23.3 Å². The number of anilines is 1. The molecule has 5 heteroatoms. The molecule has 2 aliphatic rings. The zero-order chi connectivity index (χ0) is 15.0. The Bertz CT molecular complexity index is 506. The maximum atomic E-state index is 11.3. The summed E-state index contributed by atoms with van der Waals surface area (Å²) in [6.45, 7) is 0.0510. The van der Waals surface area contributed by atoms with Gasteiger partial charge in [0.25, 0.3) is 0 Å². The minimum atomic E-state index is -0.781. The summed E-state index contributed by atoms with van der Waals surface area (Å²) in [6.07, 6.45) is 4.56. The molecule has 0 amide bonds. The maximum Gasteiger partial charge on any atom is 0.323 e. The first kappa shape index (κ1) is 14.7. The molecule has 2 aliphatic heterocycles. The number of benzene rings is 1. The number of nitrogens with zero attached hydrogens (tertiary/aromatic N) is 2. The number of halogens is 1. The van der Waals surface area contributed by atoms with Gasteiger partial charge in [-0.05, 0) is 57.0 Å². The third kappa shape index (κ3) is 3.01. The second-order valence-electron chi connectivity index (χ2n) is 6.17. The van der Waals surface area contributed by atoms with Crippen molar-refractivity contribution < 1.29 is 9.90 Å². The van der Waals surface area contributed by atoms with Gasteiger partial charge < -0.3 is 14.9 Å². The lowest BCUT2D eigenvalue weighted by atomic mass is 9.96. The van der Waals surface area contributed by atoms with Gasteiger partial charge in [-0.3, -0.25) is 4.79 Å². The van der Waals surface area contributed by atoms with E-state index in [4.69, 9.17) is 11.6 Å². The molecule has 2 heterocycles. The minimum absolute atomic E-state index is 0.0510. The molecule has 1 aromatic rings. The second-order valence-corrected chi connectivity index (χ2v) is 6.61. The van der Waals surface area contributed by atoms with Crippen LogP contribution in [0.1, 0.15) is 25.7 Å². The van der Waals surface area contributed by atoms with Crippen molar-refractivity contribution in [3.8, 4) is 0 Å². The van der Waals surface area contributed by atoms with Crippen LogP contribution >= 0.6 is 11.6 Å². The fourth-order valence-corrected chi connectivity index (χ4v) is 3.97. The van der Waals surface area contributed by atoms with Crippen LogP contribution in [0.25, 0.3) is 0 Å². The van der Waals surface area contributed by atoms with E-state index in [0.717, 1.165) is 18.5 Å². The van der Waals surface area contributed by atoms with Crippen LogP contribution < -0.4 is 4.90 Å². The highest BCUT2D eigenvalue weighted by Gasteiger charge is 2.40. The van der Waals surface area contributed by atoms with Crippen molar-refractivity contribution in [1.29, 1.82) is 0 Å². The highest BCUT2D eigenvalue weighted by atomic mass is 35.5. The topological polar surface area (TPSA) is 43.8 Å². The Morgan fingerprint density at radius 3 is 2.38 bits per heavy atom. The highest BCUT2D eigenvalue weighted by Crippen LogP contribution is 2.37. The normalized spacial score (nSPS) is 28.6. The van der Waals surface area contributed by atoms with E-state index in [-0.39, 0.29) is 6.54 Å². The molecular weight excluding hydrogens is 288 g/mol. The first-order valence-electron chi connectivity index (χ1n) is 7.50. The van der Waals surface area contributed by atoms with Crippen LogP contribution in [0.2, 0.25) is 5.02 Å². The van der Waals surface area contributed by atoms with Crippen molar-refractivity contribution in [3.63, 3.8) is 0 Å². The first-order chi connectivity index (χ1) is 10.0. The maximum absolute atomic E-state index is 11.3. The van der Waals surface area contributed by atoms with Gasteiger partial charge in [0.2, 0.25) is 0 Å². The van der Waals surface area contributed by atoms with Crippen LogP contribution in [0.15, 0.2) is 24.3 Å². The summed E-state index contributed by atoms with van der Waals surface area (Å²) in [5.74, 6) is -0.781. The van der Waals surface area contributed by atoms with Crippen LogP contribution in [0.5, 0.6) is 0 Å². The Morgan fingerprint density at radius 1 is 1.29 bits per heavy atom. The summed E-state index contributed by atoms with van der Waals surface area (Å²) >= 11 is 5.94. The average Bonchev–Trinajstić information content (AvgIpc) is 2.67. The lowest BCUT2D eigenvalue weighted by Crippen LogP contribution is -2.50. The van der Waals surface area contributed by atoms with E-state index in [1.165, 1.54) is 12.8 Å². The SMILES string of the molecule is CN1C2CCC1CC(N(CC(=O)O)c1ccc(Cl)cc1)C2. The largest absolute Gasteiger partial charge is 0.480 e. The number of fused-ring (bicyclic) bond motifs is 2. The van der Waals surface area contributed by atoms with Crippen LogP contribution in [0.3, 0.4) is 0 Å². The van der Waals surface area contributed by atoms with Gasteiger partial charge in [0.05, 0.1) is 0 Å². The molecule has 0 saturated carbocycles. The molecule has 0 aliphatic carbocycles. The van der Waals surface area contributed by atoms with Crippen LogP contribution in [0.4, 0.5) is 5.69 Å². The fraction of sp³-hybridized carbons (Fsp3) is 0.562. The lowest BCUT2D eigenvalue weighted by molar-refractivity contribution is -0.135. The third-order valence-corrected chi connectivity index (χ3v) is 5.23. The Kier molecular flexibility index (Phi) is 4.09. The lowest BCUT2D eigenvalue weighted by Gasteiger charge is -2.42. The van der Waals surface area contributed by atoms with Gasteiger partial charge in [-0.1, -0.05) is 11.6 Å². The molecule has 2 saturated heterocycles. The smallest absolute Gasteiger partial charge is 0.323 e. The van der Waals surface area contributed by atoms with Gasteiger partial charge in [0, 0.05) is 28.8 Å². The van der Waals surface area contributed by atoms with Gasteiger partial charge in [-0.25, -0.2) is 0 Å². The zero-order valence-electron chi connectivity index (χ0n) is 12.2. The molecule has 2 bridgehead atoms. The molecule has 2 unspecified atom stereocenters. The number of carbonyl (C=O) groups is 1. The Morgan fingerprint density at radius 2 is 1.86 bits per heavy atom. The third-order valence-electron chi connectivity index (χ3n) is 4.98. The van der Waals surface area contributed by atoms with Crippen molar-refractivity contribution in [1.82, 2.24) is 4.90 Å². The molecule has 114 valence electrons. The Hall–Kier alpha value is -1.26. The van der Waals surface area contributed by atoms with E-state index in [1.807, 2.05) is 29.2 Å². The second kappa shape index (κ2) is 5.85. The first-order valence-corrected chi connectivity index (χ1v) is 7.88. The molecule has 1 aromatic carbocycles. The molecule has 21 heavy (non-hydrogen) atoms. The van der Waals surface area contributed by atoms with E-state index < -0.39 is 5.97 Å². The molecule has 2 fully saturated rings. The Balaban J connectivity index is 1.82. The molecule has 4 nitrogen and oxygen atoms in total. The number of hydrogen-bond donors (Lipinski definition) is 1. The summed E-state index contributed by atoms with van der Waals surface area (Å²) < 4.78 is 0. The van der Waals surface area contributed by atoms with Crippen LogP contribution in [-0.2, 0) is 4.79 Å². The average molecular weight is 309 g/mol. The van der Waals surface area contributed by atoms with E-state index >= 15 is 0 Å². The molecular formula is C16H21ClN2O2. The number of aliphatic carboxylic acids is 1. The number of rotatable bonds is 4. The molecule has 0 aromatic heterocycles. The van der Waals surface area contributed by atoms with E-state index in [2.05, 4.69) is 11.9 Å². The monoisotopic (exact) mass is 308 g/mol. The number of piperidine rings is 1. The van der Waals surface area contributed by atoms with E-state index in [1.54, 1.807) is 0 Å². The Labute approximate surface area is 130 Å². The van der Waals surface area contributed by atoms with E-state index in [0.29, 0.717) is 23.1 Å². The number of carboxylic acids is 1. The summed E-state index contributed by atoms with van der Waals surface area (Å²) in [7, 11) is 2.20. The molecule has 1 N–H and O–H groups in total. The van der Waals surface area contributed by atoms with Crippen molar-refractivity contribution in [2.75, 3.05) is 18.5 Å². The van der Waals surface area contributed by atoms with E-state index in [9.17, 15) is 9.90 Å². The van der Waals surface area contributed by atoms with Gasteiger partial charge in [0.15, 0.2) is 0 Å². The van der Waals surface area contributed by atoms with Gasteiger partial charge in [-0.15, -0.1) is 0 Å². The quantitative estimate of drug-likeness (QED) is 0.929. The predicted octanol–water partition coefficient (Wildman–Crippen LogP) is 2.86. The molecule has 0 radical (unpaired) electrons. The minimum Gasteiger partial charge on any atom is -0.480 e. The molecule has 2 atom stereocenters. The fourth-order valence-electron chi connectivity index (χ4n) is 3.85. The zero-order valence-corrected chi connectivity index (χ0v) is 13.0. The van der Waals surface area contributed by atoms with Gasteiger partial charge >= 0.3 is 5.97 Å². The predicted molar refractivity (Wildman–Crippen MR) is 84.0 cm³/mol. The highest BCUT2D eigenvalue weighted by molar-refractivity contribution is 6.30. The van der Waals surface area contributed by atoms with Crippen LogP contribution in [-0.4, -0.2) is 47.7 Å². The van der Waals surface area contributed by atoms with Crippen molar-refractivity contribution in [3.05, 3.63) is 29.3 Å². The molecule has 3 rings (SSSR count). The standard InChI is InChI=1S/C16H21ClN2O2/c1-18-13-6-7-14(18)9-15(8-13)19(10-16(20)21)12-4-2-11(17)3-5-12/h2-5,13-15H,6-10H2,1H3,(H,20,21). The van der Waals surface area contributed by atoms with Crippen molar-refractivity contribution in [2.45, 2.75) is 43.8 Å². The van der Waals surface area contributed by atoms with Crippen LogP contribution in [0, 0.1) is 0 Å². The molecule has 0 spiro atoms. The summed E-state index contributed by atoms with van der Waals surface area (Å²) in [5, 5.41) is 9.93. The number of carboxylic acid groups (broad SMARTS) is 1. The number of hydrogen-bond acceptors (Lipinski definition) is 3. The summed E-state index contributed by atoms with van der Waals surface area (Å²) in [6, 6.07) is 8.99. The van der Waals surface area contributed by atoms with Gasteiger partial charge in [-0.2, -0.15) is 0 Å². The summed E-state index contributed by atoms with van der Waals surface area (Å²) in [5.41, 5.74) is 0.954.